The lowest BCUT2D eigenvalue weighted by atomic mass is 9.73. The van der Waals surface area contributed by atoms with Crippen molar-refractivity contribution in [3.05, 3.63) is 29.3 Å². The number of carboxylic acid groups (broad SMARTS) is 1. The number of esters is 1. The van der Waals surface area contributed by atoms with Crippen LogP contribution in [-0.4, -0.2) is 52.2 Å². The van der Waals surface area contributed by atoms with Gasteiger partial charge in [0.1, 0.15) is 11.9 Å². The highest BCUT2D eigenvalue weighted by Crippen LogP contribution is 2.48. The Morgan fingerprint density at radius 3 is 2.61 bits per heavy atom. The molecule has 0 aromatic heterocycles. The molecule has 2 saturated carbocycles. The molecular formula is C31H46O7. The molecule has 212 valence electrons. The Kier molecular flexibility index (Phi) is 10.5. The average Bonchev–Trinajstić information content (AvgIpc) is 3.19. The number of ether oxygens (including phenoxy) is 2. The number of rotatable bonds is 13. The predicted octanol–water partition coefficient (Wildman–Crippen LogP) is 5.08. The van der Waals surface area contributed by atoms with Crippen molar-refractivity contribution in [1.82, 2.24) is 0 Å². The van der Waals surface area contributed by atoms with E-state index in [1.165, 1.54) is 5.56 Å². The van der Waals surface area contributed by atoms with Gasteiger partial charge in [0.15, 0.2) is 6.61 Å². The van der Waals surface area contributed by atoms with Gasteiger partial charge in [-0.05, 0) is 105 Å². The van der Waals surface area contributed by atoms with Crippen molar-refractivity contribution in [2.45, 2.75) is 115 Å². The summed E-state index contributed by atoms with van der Waals surface area (Å²) in [6, 6.07) is 6.02. The Hall–Kier alpha value is -2.12. The number of carbonyl (C=O) groups is 2. The molecule has 0 spiro atoms. The molecule has 0 amide bonds. The normalized spacial score (nSPS) is 29.2. The second-order valence-electron chi connectivity index (χ2n) is 11.9. The first-order valence-corrected chi connectivity index (χ1v) is 14.8. The van der Waals surface area contributed by atoms with Crippen LogP contribution >= 0.6 is 0 Å². The maximum absolute atomic E-state index is 12.5. The van der Waals surface area contributed by atoms with Gasteiger partial charge < -0.3 is 24.8 Å². The summed E-state index contributed by atoms with van der Waals surface area (Å²) in [7, 11) is 0. The number of aliphatic hydroxyl groups excluding tert-OH is 2. The molecule has 1 aromatic rings. The summed E-state index contributed by atoms with van der Waals surface area (Å²) in [6.45, 7) is 2.03. The van der Waals surface area contributed by atoms with E-state index in [9.17, 15) is 19.8 Å². The van der Waals surface area contributed by atoms with Gasteiger partial charge in [-0.1, -0.05) is 38.3 Å². The van der Waals surface area contributed by atoms with Gasteiger partial charge in [-0.25, -0.2) is 4.79 Å². The summed E-state index contributed by atoms with van der Waals surface area (Å²) in [6.07, 6.45) is 10.7. The topological polar surface area (TPSA) is 113 Å². The summed E-state index contributed by atoms with van der Waals surface area (Å²) >= 11 is 0. The number of hydrogen-bond acceptors (Lipinski definition) is 6. The smallest absolute Gasteiger partial charge is 0.344 e. The number of fused-ring (bicyclic) bond motifs is 2. The number of unbranched alkanes of at least 4 members (excludes halogenated alkanes) is 2. The molecule has 3 aliphatic carbocycles. The fourth-order valence-electron chi connectivity index (χ4n) is 7.16. The van der Waals surface area contributed by atoms with Crippen LogP contribution in [0.2, 0.25) is 0 Å². The first-order chi connectivity index (χ1) is 18.3. The summed E-state index contributed by atoms with van der Waals surface area (Å²) in [5, 5.41) is 30.3. The molecule has 0 radical (unpaired) electrons. The van der Waals surface area contributed by atoms with E-state index in [1.54, 1.807) is 0 Å². The lowest BCUT2D eigenvalue weighted by molar-refractivity contribution is -0.154. The van der Waals surface area contributed by atoms with E-state index < -0.39 is 5.97 Å². The van der Waals surface area contributed by atoms with E-state index in [4.69, 9.17) is 14.6 Å². The molecule has 2 fully saturated rings. The van der Waals surface area contributed by atoms with Gasteiger partial charge in [0.2, 0.25) is 0 Å². The molecule has 3 N–H and O–H groups in total. The van der Waals surface area contributed by atoms with E-state index in [0.29, 0.717) is 24.7 Å². The maximum Gasteiger partial charge on any atom is 0.344 e. The molecule has 3 aliphatic rings. The van der Waals surface area contributed by atoms with Gasteiger partial charge in [-0.3, -0.25) is 4.79 Å². The molecule has 4 rings (SSSR count). The Bertz CT molecular complexity index is 923. The molecule has 5 atom stereocenters. The molecule has 1 aromatic carbocycles. The van der Waals surface area contributed by atoms with E-state index in [2.05, 4.69) is 13.0 Å². The van der Waals surface area contributed by atoms with Gasteiger partial charge >= 0.3 is 11.9 Å². The van der Waals surface area contributed by atoms with Crippen molar-refractivity contribution < 1.29 is 34.4 Å². The number of hydrogen-bond donors (Lipinski definition) is 3. The lowest BCUT2D eigenvalue weighted by Gasteiger charge is -2.32. The van der Waals surface area contributed by atoms with Crippen LogP contribution < -0.4 is 4.74 Å². The Balaban J connectivity index is 1.27. The maximum atomic E-state index is 12.5. The van der Waals surface area contributed by atoms with Crippen LogP contribution in [0, 0.1) is 23.7 Å². The van der Waals surface area contributed by atoms with E-state index in [-0.39, 0.29) is 49.1 Å². The van der Waals surface area contributed by atoms with Crippen LogP contribution in [-0.2, 0) is 27.2 Å². The van der Waals surface area contributed by atoms with Crippen LogP contribution in [0.4, 0.5) is 0 Å². The van der Waals surface area contributed by atoms with Crippen LogP contribution in [0.5, 0.6) is 5.75 Å². The summed E-state index contributed by atoms with van der Waals surface area (Å²) in [5.41, 5.74) is 2.37. The van der Waals surface area contributed by atoms with Gasteiger partial charge in [0.05, 0.1) is 12.2 Å². The minimum absolute atomic E-state index is 0.138. The Morgan fingerprint density at radius 2 is 1.87 bits per heavy atom. The molecular weight excluding hydrogens is 484 g/mol. The van der Waals surface area contributed by atoms with E-state index >= 15 is 0 Å². The van der Waals surface area contributed by atoms with Gasteiger partial charge in [-0.2, -0.15) is 0 Å². The fourth-order valence-corrected chi connectivity index (χ4v) is 7.16. The SMILES string of the molecule is CCCCC[C@H](O)CC[C@@H]1[C@H]2Cc3cccc(OCC(=O)OC4CCC(CC(=O)O)CC4)c3C[C@H]2C[C@H]1O. The van der Waals surface area contributed by atoms with Crippen molar-refractivity contribution >= 4 is 11.9 Å². The first-order valence-electron chi connectivity index (χ1n) is 14.8. The second kappa shape index (κ2) is 13.8. The number of carbonyl (C=O) groups excluding carboxylic acids is 1. The molecule has 0 heterocycles. The lowest BCUT2D eigenvalue weighted by Crippen LogP contribution is -2.29. The highest BCUT2D eigenvalue weighted by Gasteiger charge is 2.45. The van der Waals surface area contributed by atoms with Crippen LogP contribution in [0.1, 0.15) is 95.1 Å². The zero-order valence-electron chi connectivity index (χ0n) is 22.9. The molecule has 0 bridgehead atoms. The van der Waals surface area contributed by atoms with Crippen molar-refractivity contribution in [2.24, 2.45) is 23.7 Å². The third kappa shape index (κ3) is 7.72. The quantitative estimate of drug-likeness (QED) is 0.241. The summed E-state index contributed by atoms with van der Waals surface area (Å²) < 4.78 is 11.6. The second-order valence-corrected chi connectivity index (χ2v) is 11.9. The minimum Gasteiger partial charge on any atom is -0.482 e. The number of aliphatic hydroxyl groups is 2. The summed E-state index contributed by atoms with van der Waals surface area (Å²) in [5.74, 6) is 0.769. The highest BCUT2D eigenvalue weighted by atomic mass is 16.6. The zero-order valence-corrected chi connectivity index (χ0v) is 22.9. The third-order valence-electron chi connectivity index (χ3n) is 9.22. The van der Waals surface area contributed by atoms with Gasteiger partial charge in [-0.15, -0.1) is 0 Å². The van der Waals surface area contributed by atoms with E-state index in [0.717, 1.165) is 81.9 Å². The molecule has 7 heteroatoms. The Morgan fingerprint density at radius 1 is 1.08 bits per heavy atom. The monoisotopic (exact) mass is 530 g/mol. The van der Waals surface area contributed by atoms with E-state index in [1.807, 2.05) is 12.1 Å². The molecule has 0 saturated heterocycles. The fraction of sp³-hybridized carbons (Fsp3) is 0.742. The van der Waals surface area contributed by atoms with Crippen LogP contribution in [0.15, 0.2) is 18.2 Å². The van der Waals surface area contributed by atoms with Crippen molar-refractivity contribution in [3.8, 4) is 5.75 Å². The number of carboxylic acids is 1. The first kappa shape index (κ1) is 28.9. The van der Waals surface area contributed by atoms with Crippen LogP contribution in [0.25, 0.3) is 0 Å². The number of benzene rings is 1. The number of aliphatic carboxylic acids is 1. The van der Waals surface area contributed by atoms with Crippen LogP contribution in [0.3, 0.4) is 0 Å². The molecule has 0 aliphatic heterocycles. The summed E-state index contributed by atoms with van der Waals surface area (Å²) in [4.78, 5) is 23.4. The predicted molar refractivity (Wildman–Crippen MR) is 144 cm³/mol. The Labute approximate surface area is 226 Å². The minimum atomic E-state index is -0.768. The molecule has 7 nitrogen and oxygen atoms in total. The molecule has 0 unspecified atom stereocenters. The van der Waals surface area contributed by atoms with Crippen molar-refractivity contribution in [1.29, 1.82) is 0 Å². The largest absolute Gasteiger partial charge is 0.482 e. The van der Waals surface area contributed by atoms with Crippen molar-refractivity contribution in [2.75, 3.05) is 6.61 Å². The van der Waals surface area contributed by atoms with Gasteiger partial charge in [0, 0.05) is 6.42 Å². The molecule has 38 heavy (non-hydrogen) atoms. The zero-order chi connectivity index (χ0) is 27.1. The third-order valence-corrected chi connectivity index (χ3v) is 9.22. The van der Waals surface area contributed by atoms with Crippen molar-refractivity contribution in [3.63, 3.8) is 0 Å². The highest BCUT2D eigenvalue weighted by molar-refractivity contribution is 5.71. The van der Waals surface area contributed by atoms with Gasteiger partial charge in [0.25, 0.3) is 0 Å². The standard InChI is InChI=1S/C31H46O7/c1-2-3-4-7-23(32)11-14-25-26-16-21-6-5-8-29(27(21)17-22(26)18-28(25)33)37-19-31(36)38-24-12-9-20(10-13-24)15-30(34)35/h5-6,8,20,22-26,28,32-33H,2-4,7,9-19H2,1H3,(H,34,35)/t20?,22-,23-,24?,25+,26-,28+/m0/s1. The average molecular weight is 531 g/mol.